The molecule has 2 unspecified atom stereocenters. The lowest BCUT2D eigenvalue weighted by Crippen LogP contribution is -2.34. The maximum atomic E-state index is 6.18. The van der Waals surface area contributed by atoms with Gasteiger partial charge < -0.3 is 5.32 Å². The van der Waals surface area contributed by atoms with Crippen LogP contribution in [0.25, 0.3) is 0 Å². The number of hydrogen-bond donors (Lipinski definition) is 1. The van der Waals surface area contributed by atoms with Gasteiger partial charge in [0.15, 0.2) is 0 Å². The first-order chi connectivity index (χ1) is 7.18. The van der Waals surface area contributed by atoms with Crippen LogP contribution in [0.15, 0.2) is 18.2 Å². The standard InChI is InChI=1S/C11H13Cl2NS/c1-7-5-14-10(6-15-7)8-3-2-4-9(12)11(8)13/h2-4,7,10,14H,5-6H2,1H3. The highest BCUT2D eigenvalue weighted by atomic mass is 35.5. The van der Waals surface area contributed by atoms with Crippen molar-refractivity contribution in [3.8, 4) is 0 Å². The first-order valence-corrected chi connectivity index (χ1v) is 6.78. The molecule has 0 saturated carbocycles. The SMILES string of the molecule is CC1CNC(c2cccc(Cl)c2Cl)CS1. The summed E-state index contributed by atoms with van der Waals surface area (Å²) in [6.07, 6.45) is 0. The number of rotatable bonds is 1. The van der Waals surface area contributed by atoms with Crippen molar-refractivity contribution in [2.24, 2.45) is 0 Å². The van der Waals surface area contributed by atoms with Gasteiger partial charge in [0.25, 0.3) is 0 Å². The van der Waals surface area contributed by atoms with Crippen molar-refractivity contribution in [2.45, 2.75) is 18.2 Å². The molecule has 1 aromatic rings. The van der Waals surface area contributed by atoms with Crippen LogP contribution < -0.4 is 5.32 Å². The molecule has 0 bridgehead atoms. The minimum absolute atomic E-state index is 0.331. The molecule has 1 aliphatic heterocycles. The fourth-order valence-electron chi connectivity index (χ4n) is 1.68. The molecule has 2 rings (SSSR count). The van der Waals surface area contributed by atoms with Gasteiger partial charge in [-0.15, -0.1) is 0 Å². The van der Waals surface area contributed by atoms with Crippen molar-refractivity contribution in [3.63, 3.8) is 0 Å². The topological polar surface area (TPSA) is 12.0 Å². The number of nitrogens with one attached hydrogen (secondary N) is 1. The molecule has 15 heavy (non-hydrogen) atoms. The van der Waals surface area contributed by atoms with Gasteiger partial charge in [-0.25, -0.2) is 0 Å². The molecule has 4 heteroatoms. The van der Waals surface area contributed by atoms with E-state index in [1.54, 1.807) is 0 Å². The lowest BCUT2D eigenvalue weighted by atomic mass is 10.1. The molecule has 0 spiro atoms. The first-order valence-electron chi connectivity index (χ1n) is 4.97. The molecule has 1 saturated heterocycles. The third-order valence-electron chi connectivity index (χ3n) is 2.56. The van der Waals surface area contributed by atoms with E-state index in [1.165, 1.54) is 0 Å². The molecule has 82 valence electrons. The Hall–Kier alpha value is 0.110. The van der Waals surface area contributed by atoms with E-state index in [2.05, 4.69) is 12.2 Å². The van der Waals surface area contributed by atoms with Crippen molar-refractivity contribution in [1.82, 2.24) is 5.32 Å². The number of halogens is 2. The highest BCUT2D eigenvalue weighted by Gasteiger charge is 2.21. The molecule has 2 atom stereocenters. The highest BCUT2D eigenvalue weighted by Crippen LogP contribution is 2.33. The van der Waals surface area contributed by atoms with E-state index in [9.17, 15) is 0 Å². The molecule has 0 amide bonds. The van der Waals surface area contributed by atoms with Crippen molar-refractivity contribution in [3.05, 3.63) is 33.8 Å². The third-order valence-corrected chi connectivity index (χ3v) is 4.65. The lowest BCUT2D eigenvalue weighted by molar-refractivity contribution is 0.564. The second-order valence-corrected chi connectivity index (χ2v) is 6.00. The summed E-state index contributed by atoms with van der Waals surface area (Å²) >= 11 is 14.1. The fraction of sp³-hybridized carbons (Fsp3) is 0.455. The monoisotopic (exact) mass is 261 g/mol. The van der Waals surface area contributed by atoms with E-state index in [0.717, 1.165) is 17.9 Å². The van der Waals surface area contributed by atoms with Crippen LogP contribution in [-0.2, 0) is 0 Å². The van der Waals surface area contributed by atoms with Gasteiger partial charge in [0.1, 0.15) is 0 Å². The minimum Gasteiger partial charge on any atom is -0.308 e. The molecule has 0 radical (unpaired) electrons. The first kappa shape index (κ1) is 11.6. The predicted octanol–water partition coefficient (Wildman–Crippen LogP) is 3.76. The van der Waals surface area contributed by atoms with Gasteiger partial charge in [0.05, 0.1) is 10.0 Å². The summed E-state index contributed by atoms with van der Waals surface area (Å²) in [5.74, 6) is 1.06. The molecule has 0 aromatic heterocycles. The summed E-state index contributed by atoms with van der Waals surface area (Å²) < 4.78 is 0. The number of benzene rings is 1. The summed E-state index contributed by atoms with van der Waals surface area (Å²) in [7, 11) is 0. The summed E-state index contributed by atoms with van der Waals surface area (Å²) in [6, 6.07) is 6.15. The zero-order valence-electron chi connectivity index (χ0n) is 8.47. The fourth-order valence-corrected chi connectivity index (χ4v) is 3.15. The molecule has 1 aliphatic rings. The Balaban J connectivity index is 2.19. The van der Waals surface area contributed by atoms with Crippen LogP contribution >= 0.6 is 35.0 Å². The van der Waals surface area contributed by atoms with E-state index < -0.39 is 0 Å². The van der Waals surface area contributed by atoms with Crippen molar-refractivity contribution < 1.29 is 0 Å². The van der Waals surface area contributed by atoms with Crippen LogP contribution in [0.4, 0.5) is 0 Å². The van der Waals surface area contributed by atoms with Crippen LogP contribution in [-0.4, -0.2) is 17.5 Å². The molecule has 1 aromatic carbocycles. The van der Waals surface area contributed by atoms with E-state index in [4.69, 9.17) is 23.2 Å². The van der Waals surface area contributed by atoms with E-state index >= 15 is 0 Å². The Bertz CT molecular complexity index is 348. The summed E-state index contributed by atoms with van der Waals surface area (Å²) in [6.45, 7) is 3.26. The summed E-state index contributed by atoms with van der Waals surface area (Å²) in [5.41, 5.74) is 1.11. The van der Waals surface area contributed by atoms with Crippen molar-refractivity contribution in [2.75, 3.05) is 12.3 Å². The molecule has 1 nitrogen and oxygen atoms in total. The third kappa shape index (κ3) is 2.62. The van der Waals surface area contributed by atoms with Gasteiger partial charge in [-0.05, 0) is 11.6 Å². The Morgan fingerprint density at radius 2 is 2.20 bits per heavy atom. The zero-order chi connectivity index (χ0) is 10.8. The van der Waals surface area contributed by atoms with Crippen molar-refractivity contribution in [1.29, 1.82) is 0 Å². The Morgan fingerprint density at radius 3 is 2.87 bits per heavy atom. The second-order valence-electron chi connectivity index (χ2n) is 3.75. The normalized spacial score (nSPS) is 26.6. The largest absolute Gasteiger partial charge is 0.308 e. The van der Waals surface area contributed by atoms with Crippen LogP contribution in [0.3, 0.4) is 0 Å². The summed E-state index contributed by atoms with van der Waals surface area (Å²) in [5, 5.41) is 5.49. The van der Waals surface area contributed by atoms with Crippen molar-refractivity contribution >= 4 is 35.0 Å². The van der Waals surface area contributed by atoms with E-state index in [0.29, 0.717) is 21.3 Å². The lowest BCUT2D eigenvalue weighted by Gasteiger charge is -2.28. The van der Waals surface area contributed by atoms with Gasteiger partial charge >= 0.3 is 0 Å². The quantitative estimate of drug-likeness (QED) is 0.827. The molecular formula is C11H13Cl2NS. The minimum atomic E-state index is 0.331. The molecule has 1 heterocycles. The average Bonchev–Trinajstić information content (AvgIpc) is 2.24. The second kappa shape index (κ2) is 4.96. The maximum absolute atomic E-state index is 6.18. The van der Waals surface area contributed by atoms with Crippen LogP contribution in [0, 0.1) is 0 Å². The molecular weight excluding hydrogens is 249 g/mol. The van der Waals surface area contributed by atoms with Crippen LogP contribution in [0.2, 0.25) is 10.0 Å². The number of thioether (sulfide) groups is 1. The Morgan fingerprint density at radius 1 is 1.40 bits per heavy atom. The predicted molar refractivity (Wildman–Crippen MR) is 69.1 cm³/mol. The smallest absolute Gasteiger partial charge is 0.0640 e. The van der Waals surface area contributed by atoms with Gasteiger partial charge in [0.2, 0.25) is 0 Å². The molecule has 0 aliphatic carbocycles. The van der Waals surface area contributed by atoms with Gasteiger partial charge in [-0.3, -0.25) is 0 Å². The number of hydrogen-bond acceptors (Lipinski definition) is 2. The van der Waals surface area contributed by atoms with Crippen LogP contribution in [0.1, 0.15) is 18.5 Å². The Kier molecular flexibility index (Phi) is 3.83. The highest BCUT2D eigenvalue weighted by molar-refractivity contribution is 8.00. The van der Waals surface area contributed by atoms with E-state index in [-0.39, 0.29) is 0 Å². The zero-order valence-corrected chi connectivity index (χ0v) is 10.8. The van der Waals surface area contributed by atoms with Gasteiger partial charge in [-0.1, -0.05) is 42.3 Å². The Labute approximate surface area is 105 Å². The van der Waals surface area contributed by atoms with Gasteiger partial charge in [0, 0.05) is 23.6 Å². The summed E-state index contributed by atoms with van der Waals surface area (Å²) in [4.78, 5) is 0. The maximum Gasteiger partial charge on any atom is 0.0640 e. The molecule has 1 fully saturated rings. The van der Waals surface area contributed by atoms with Gasteiger partial charge in [-0.2, -0.15) is 11.8 Å². The average molecular weight is 262 g/mol. The van der Waals surface area contributed by atoms with E-state index in [1.807, 2.05) is 30.0 Å². The molecule has 1 N–H and O–H groups in total. The van der Waals surface area contributed by atoms with Crippen LogP contribution in [0.5, 0.6) is 0 Å².